The van der Waals surface area contributed by atoms with Crippen LogP contribution in [0.2, 0.25) is 0 Å². The molecule has 250 valence electrons. The van der Waals surface area contributed by atoms with E-state index in [1.54, 1.807) is 0 Å². The van der Waals surface area contributed by atoms with Gasteiger partial charge in [0.15, 0.2) is 0 Å². The Bertz CT molecular complexity index is 2440. The second-order valence-corrected chi connectivity index (χ2v) is 14.0. The van der Waals surface area contributed by atoms with Crippen LogP contribution in [0.25, 0.3) is 54.2 Å². The van der Waals surface area contributed by atoms with Crippen LogP contribution in [0.15, 0.2) is 176 Å². The zero-order valence-electron chi connectivity index (χ0n) is 29.0. The zero-order valence-corrected chi connectivity index (χ0v) is 33.0. The molecular weight excluding hydrogens is 739 g/mol. The number of hydrogen-bond donors (Lipinski definition) is 0. The van der Waals surface area contributed by atoms with Gasteiger partial charge < -0.3 is 24.8 Å². The molecule has 51 heavy (non-hydrogen) atoms. The molecule has 0 N–H and O–H groups in total. The van der Waals surface area contributed by atoms with Gasteiger partial charge in [-0.15, -0.1) is 74.3 Å². The van der Waals surface area contributed by atoms with Gasteiger partial charge in [-0.3, -0.25) is 0 Å². The van der Waals surface area contributed by atoms with Crippen LogP contribution >= 0.6 is 0 Å². The molecule has 3 heteroatoms. The molecule has 0 atom stereocenters. The van der Waals surface area contributed by atoms with Crippen LogP contribution in [-0.4, -0.2) is 3.21 Å². The predicted octanol–water partition coefficient (Wildman–Crippen LogP) is 6.83. The predicted molar refractivity (Wildman–Crippen MR) is 210 cm³/mol. The van der Waals surface area contributed by atoms with Gasteiger partial charge in [0.2, 0.25) is 0 Å². The minimum atomic E-state index is 0. The van der Waals surface area contributed by atoms with Crippen molar-refractivity contribution in [1.82, 2.24) is 0 Å². The summed E-state index contributed by atoms with van der Waals surface area (Å²) in [5.41, 5.74) is 9.29. The van der Waals surface area contributed by atoms with Gasteiger partial charge >= 0.3 is 99.2 Å². The topological polar surface area (TPSA) is 0 Å². The second-order valence-electron chi connectivity index (χ2n) is 12.8. The SMILES string of the molecule is Cc1cc2c(-c3cccc4ccccc34)cccc2[cH-]1.Cc1ccc2c(c1)[cH-]c1cc(C)ccc12.[Cl-].[Cl-].[Zr+2]=[C](c1ccccc1)c1ccccc1. The second kappa shape index (κ2) is 17.2. The van der Waals surface area contributed by atoms with E-state index >= 15 is 0 Å². The third-order valence-electron chi connectivity index (χ3n) is 9.12. The fraction of sp³-hybridized carbons (Fsp3) is 0.0625. The first kappa shape index (κ1) is 37.9. The van der Waals surface area contributed by atoms with Crippen molar-refractivity contribution in [2.24, 2.45) is 0 Å². The first-order valence-electron chi connectivity index (χ1n) is 16.8. The van der Waals surface area contributed by atoms with Crippen LogP contribution in [0, 0.1) is 20.8 Å². The van der Waals surface area contributed by atoms with Gasteiger partial charge in [-0.05, 0) is 30.2 Å². The molecule has 0 saturated carbocycles. The zero-order chi connectivity index (χ0) is 33.7. The van der Waals surface area contributed by atoms with Gasteiger partial charge in [-0.2, -0.15) is 6.07 Å². The summed E-state index contributed by atoms with van der Waals surface area (Å²) in [5.74, 6) is 0. The van der Waals surface area contributed by atoms with Crippen LogP contribution in [0.4, 0.5) is 0 Å². The van der Waals surface area contributed by atoms with Crippen LogP contribution in [0.3, 0.4) is 0 Å². The summed E-state index contributed by atoms with van der Waals surface area (Å²) in [4.78, 5) is 0. The Morgan fingerprint density at radius 1 is 0.412 bits per heavy atom. The summed E-state index contributed by atoms with van der Waals surface area (Å²) in [7, 11) is 0. The van der Waals surface area contributed by atoms with Crippen molar-refractivity contribution in [3.05, 3.63) is 204 Å². The van der Waals surface area contributed by atoms with Gasteiger partial charge in [0.1, 0.15) is 0 Å². The molecular formula is C48H38Cl2Zr-2. The summed E-state index contributed by atoms with van der Waals surface area (Å²) in [6.45, 7) is 6.44. The molecule has 0 nitrogen and oxygen atoms in total. The van der Waals surface area contributed by atoms with Crippen LogP contribution in [-0.2, 0) is 24.2 Å². The molecule has 0 unspecified atom stereocenters. The molecule has 0 heterocycles. The molecule has 9 aromatic carbocycles. The molecule has 9 aromatic rings. The van der Waals surface area contributed by atoms with Crippen molar-refractivity contribution in [3.8, 4) is 11.1 Å². The van der Waals surface area contributed by atoms with E-state index in [-0.39, 0.29) is 24.8 Å². The molecule has 0 bridgehead atoms. The minimum absolute atomic E-state index is 0. The normalized spacial score (nSPS) is 10.5. The number of hydrogen-bond acceptors (Lipinski definition) is 0. The summed E-state index contributed by atoms with van der Waals surface area (Å²) in [5, 5.41) is 10.7. The van der Waals surface area contributed by atoms with E-state index in [2.05, 4.69) is 197 Å². The molecule has 0 spiro atoms. The van der Waals surface area contributed by atoms with Gasteiger partial charge in [0, 0.05) is 0 Å². The van der Waals surface area contributed by atoms with E-state index in [0.29, 0.717) is 0 Å². The monoisotopic (exact) mass is 774 g/mol. The third kappa shape index (κ3) is 8.57. The number of rotatable bonds is 3. The van der Waals surface area contributed by atoms with E-state index in [4.69, 9.17) is 0 Å². The maximum atomic E-state index is 2.28. The number of fused-ring (bicyclic) bond motifs is 5. The first-order valence-corrected chi connectivity index (χ1v) is 18.1. The average Bonchev–Trinajstić information content (AvgIpc) is 3.70. The fourth-order valence-corrected chi connectivity index (χ4v) is 7.54. The van der Waals surface area contributed by atoms with Crippen molar-refractivity contribution in [1.29, 1.82) is 0 Å². The van der Waals surface area contributed by atoms with E-state index < -0.39 is 0 Å². The van der Waals surface area contributed by atoms with Crippen molar-refractivity contribution in [3.63, 3.8) is 0 Å². The van der Waals surface area contributed by atoms with Crippen LogP contribution in [0.5, 0.6) is 0 Å². The van der Waals surface area contributed by atoms with E-state index in [1.165, 1.54) is 109 Å². The Kier molecular flexibility index (Phi) is 12.8. The molecule has 0 radical (unpaired) electrons. The summed E-state index contributed by atoms with van der Waals surface area (Å²) in [6, 6.07) is 63.0. The Morgan fingerprint density at radius 3 is 1.49 bits per heavy atom. The van der Waals surface area contributed by atoms with E-state index in [0.717, 1.165) is 0 Å². The molecule has 9 rings (SSSR count). The Balaban J connectivity index is 0.000000148. The van der Waals surface area contributed by atoms with Crippen molar-refractivity contribution < 1.29 is 49.0 Å². The average molecular weight is 777 g/mol. The maximum absolute atomic E-state index is 2.28. The fourth-order valence-electron chi connectivity index (χ4n) is 6.72. The van der Waals surface area contributed by atoms with Gasteiger partial charge in [-0.1, -0.05) is 96.4 Å². The van der Waals surface area contributed by atoms with Crippen LogP contribution in [0.1, 0.15) is 27.8 Å². The molecule has 0 saturated heterocycles. The van der Waals surface area contributed by atoms with Crippen molar-refractivity contribution in [2.75, 3.05) is 0 Å². The van der Waals surface area contributed by atoms with E-state index in [1.807, 2.05) is 0 Å². The molecule has 0 fully saturated rings. The molecule has 0 aliphatic rings. The van der Waals surface area contributed by atoms with Crippen molar-refractivity contribution >= 4 is 46.3 Å². The van der Waals surface area contributed by atoms with Crippen molar-refractivity contribution in [2.45, 2.75) is 20.8 Å². The number of halogens is 2. The van der Waals surface area contributed by atoms with Gasteiger partial charge in [0.05, 0.1) is 0 Å². The quantitative estimate of drug-likeness (QED) is 0.173. The van der Waals surface area contributed by atoms with Gasteiger partial charge in [-0.25, -0.2) is 0 Å². The summed E-state index contributed by atoms with van der Waals surface area (Å²) < 4.78 is 1.42. The third-order valence-corrected chi connectivity index (χ3v) is 10.5. The molecule has 0 aliphatic heterocycles. The molecule has 0 aromatic heterocycles. The number of aryl methyl sites for hydroxylation is 3. The summed E-state index contributed by atoms with van der Waals surface area (Å²) in [6.07, 6.45) is 0. The van der Waals surface area contributed by atoms with E-state index in [9.17, 15) is 0 Å². The Labute approximate surface area is 328 Å². The van der Waals surface area contributed by atoms with Crippen LogP contribution < -0.4 is 24.8 Å². The Hall–Kier alpha value is -4.39. The van der Waals surface area contributed by atoms with Gasteiger partial charge in [0.25, 0.3) is 0 Å². The summed E-state index contributed by atoms with van der Waals surface area (Å²) >= 11 is 1.46. The Morgan fingerprint density at radius 2 is 0.902 bits per heavy atom. The number of benzene rings is 7. The standard InChI is InChI=1S/C20H15.C15H13.C13H10.2ClH.Zr/c1-14-12-16-8-5-11-19(20(16)13-14)18-10-4-7-15-6-2-3-9-17(15)18;1-10-3-5-14-12(7-10)9-13-8-11(2)4-6-15(13)14;1-3-7-12(8-4-1)11-13-9-5-2-6-10-13;;;/h2-13H,1H3;3-9H,1-2H3;1-10H;2*1H;/q2*-1;;;;+2/p-2. The molecule has 0 aliphatic carbocycles. The first-order chi connectivity index (χ1) is 23.9. The molecule has 0 amide bonds.